The molecule has 0 fully saturated rings. The van der Waals surface area contributed by atoms with Crippen molar-refractivity contribution in [2.75, 3.05) is 6.61 Å². The van der Waals surface area contributed by atoms with Crippen molar-refractivity contribution < 1.29 is 14.6 Å². The highest BCUT2D eigenvalue weighted by molar-refractivity contribution is 6.30. The number of hydrogen-bond donors (Lipinski definition) is 1. The molecule has 1 aromatic heterocycles. The first-order valence-electron chi connectivity index (χ1n) is 5.61. The van der Waals surface area contributed by atoms with E-state index in [-0.39, 0.29) is 5.69 Å². The Kier molecular flexibility index (Phi) is 4.48. The van der Waals surface area contributed by atoms with Crippen LogP contribution in [-0.2, 0) is 17.9 Å². The lowest BCUT2D eigenvalue weighted by molar-refractivity contribution is 0.0690. The average molecular weight is 282 g/mol. The normalized spacial score (nSPS) is 10.6. The molecule has 1 heterocycles. The molecule has 0 spiro atoms. The van der Waals surface area contributed by atoms with E-state index in [0.29, 0.717) is 24.8 Å². The summed E-state index contributed by atoms with van der Waals surface area (Å²) in [5.74, 6) is -1.09. The predicted octanol–water partition coefficient (Wildman–Crippen LogP) is 1.85. The van der Waals surface area contributed by atoms with Gasteiger partial charge in [0.1, 0.15) is 0 Å². The second-order valence-corrected chi connectivity index (χ2v) is 4.29. The SMILES string of the molecule is O=C(O)c1cn(CCOCc2cccc(Cl)c2)nn1. The number of carboxylic acids is 1. The minimum atomic E-state index is -1.09. The van der Waals surface area contributed by atoms with Gasteiger partial charge in [0, 0.05) is 5.02 Å². The van der Waals surface area contributed by atoms with Crippen molar-refractivity contribution in [3.8, 4) is 0 Å². The fourth-order valence-electron chi connectivity index (χ4n) is 1.48. The second-order valence-electron chi connectivity index (χ2n) is 3.85. The maximum Gasteiger partial charge on any atom is 0.358 e. The van der Waals surface area contributed by atoms with Gasteiger partial charge in [-0.15, -0.1) is 5.10 Å². The van der Waals surface area contributed by atoms with Crippen molar-refractivity contribution in [2.24, 2.45) is 0 Å². The highest BCUT2D eigenvalue weighted by Crippen LogP contribution is 2.11. The summed E-state index contributed by atoms with van der Waals surface area (Å²) in [7, 11) is 0. The Morgan fingerprint density at radius 3 is 3.00 bits per heavy atom. The lowest BCUT2D eigenvalue weighted by Crippen LogP contribution is -2.06. The molecule has 0 bridgehead atoms. The van der Waals surface area contributed by atoms with Crippen LogP contribution in [0.5, 0.6) is 0 Å². The Morgan fingerprint density at radius 2 is 2.32 bits per heavy atom. The van der Waals surface area contributed by atoms with E-state index in [1.54, 1.807) is 6.07 Å². The first-order valence-corrected chi connectivity index (χ1v) is 5.98. The molecule has 0 atom stereocenters. The minimum absolute atomic E-state index is 0.0742. The predicted molar refractivity (Wildman–Crippen MR) is 68.1 cm³/mol. The molecule has 0 saturated heterocycles. The second kappa shape index (κ2) is 6.31. The third-order valence-electron chi connectivity index (χ3n) is 2.38. The number of nitrogens with zero attached hydrogens (tertiary/aromatic N) is 3. The maximum atomic E-state index is 10.6. The van der Waals surface area contributed by atoms with Crippen LogP contribution >= 0.6 is 11.6 Å². The molecule has 0 aliphatic rings. The quantitative estimate of drug-likeness (QED) is 0.818. The van der Waals surface area contributed by atoms with E-state index < -0.39 is 5.97 Å². The number of aromatic carboxylic acids is 1. The Bertz CT molecular complexity index is 571. The van der Waals surface area contributed by atoms with Crippen LogP contribution in [0.1, 0.15) is 16.1 Å². The number of hydrogen-bond acceptors (Lipinski definition) is 4. The summed E-state index contributed by atoms with van der Waals surface area (Å²) in [6.45, 7) is 1.30. The van der Waals surface area contributed by atoms with Crippen LogP contribution in [0, 0.1) is 0 Å². The zero-order valence-electron chi connectivity index (χ0n) is 9.99. The number of carboxylic acid groups (broad SMARTS) is 1. The highest BCUT2D eigenvalue weighted by Gasteiger charge is 2.07. The van der Waals surface area contributed by atoms with Gasteiger partial charge in [0.15, 0.2) is 5.69 Å². The number of aromatic nitrogens is 3. The maximum absolute atomic E-state index is 10.6. The van der Waals surface area contributed by atoms with Gasteiger partial charge in [0.2, 0.25) is 0 Å². The van der Waals surface area contributed by atoms with Crippen molar-refractivity contribution in [1.29, 1.82) is 0 Å². The molecule has 19 heavy (non-hydrogen) atoms. The van der Waals surface area contributed by atoms with E-state index in [1.807, 2.05) is 18.2 Å². The van der Waals surface area contributed by atoms with Crippen LogP contribution in [0.3, 0.4) is 0 Å². The summed E-state index contributed by atoms with van der Waals surface area (Å²) < 4.78 is 6.89. The molecule has 1 aromatic carbocycles. The lowest BCUT2D eigenvalue weighted by atomic mass is 10.2. The van der Waals surface area contributed by atoms with Crippen molar-refractivity contribution >= 4 is 17.6 Å². The van der Waals surface area contributed by atoms with Crippen LogP contribution in [-0.4, -0.2) is 32.7 Å². The third kappa shape index (κ3) is 4.04. The van der Waals surface area contributed by atoms with Gasteiger partial charge >= 0.3 is 5.97 Å². The van der Waals surface area contributed by atoms with E-state index in [1.165, 1.54) is 10.9 Å². The number of rotatable bonds is 6. The molecule has 2 rings (SSSR count). The summed E-state index contributed by atoms with van der Waals surface area (Å²) >= 11 is 5.85. The van der Waals surface area contributed by atoms with Gasteiger partial charge in [-0.25, -0.2) is 9.48 Å². The van der Waals surface area contributed by atoms with E-state index in [2.05, 4.69) is 10.3 Å². The number of benzene rings is 1. The van der Waals surface area contributed by atoms with Crippen LogP contribution in [0.25, 0.3) is 0 Å². The van der Waals surface area contributed by atoms with Crippen LogP contribution in [0.15, 0.2) is 30.5 Å². The van der Waals surface area contributed by atoms with Crippen LogP contribution in [0.4, 0.5) is 0 Å². The monoisotopic (exact) mass is 281 g/mol. The molecule has 1 N–H and O–H groups in total. The van der Waals surface area contributed by atoms with Crippen molar-refractivity contribution in [3.05, 3.63) is 46.7 Å². The molecule has 0 aliphatic heterocycles. The van der Waals surface area contributed by atoms with Crippen molar-refractivity contribution in [1.82, 2.24) is 15.0 Å². The molecule has 0 aliphatic carbocycles. The molecule has 0 radical (unpaired) electrons. The van der Waals surface area contributed by atoms with Gasteiger partial charge in [-0.2, -0.15) is 0 Å². The number of halogens is 1. The van der Waals surface area contributed by atoms with E-state index >= 15 is 0 Å². The van der Waals surface area contributed by atoms with Gasteiger partial charge in [-0.05, 0) is 17.7 Å². The van der Waals surface area contributed by atoms with Gasteiger partial charge < -0.3 is 9.84 Å². The Labute approximate surface area is 114 Å². The van der Waals surface area contributed by atoms with Crippen LogP contribution < -0.4 is 0 Å². The van der Waals surface area contributed by atoms with Crippen molar-refractivity contribution in [2.45, 2.75) is 13.2 Å². The van der Waals surface area contributed by atoms with Gasteiger partial charge in [-0.3, -0.25) is 0 Å². The molecule has 0 unspecified atom stereocenters. The van der Waals surface area contributed by atoms with Crippen molar-refractivity contribution in [3.63, 3.8) is 0 Å². The third-order valence-corrected chi connectivity index (χ3v) is 2.62. The zero-order valence-corrected chi connectivity index (χ0v) is 10.7. The average Bonchev–Trinajstić information content (AvgIpc) is 2.84. The standard InChI is InChI=1S/C12H12ClN3O3/c13-10-3-1-2-9(6-10)8-19-5-4-16-7-11(12(17)18)14-15-16/h1-3,6-7H,4-5,8H2,(H,17,18). The summed E-state index contributed by atoms with van der Waals surface area (Å²) in [4.78, 5) is 10.6. The summed E-state index contributed by atoms with van der Waals surface area (Å²) in [6.07, 6.45) is 1.37. The summed E-state index contributed by atoms with van der Waals surface area (Å²) in [5.41, 5.74) is 0.909. The Hall–Kier alpha value is -1.92. The van der Waals surface area contributed by atoms with E-state index in [9.17, 15) is 4.79 Å². The van der Waals surface area contributed by atoms with Gasteiger partial charge in [0.05, 0.1) is 26.0 Å². The molecular weight excluding hydrogens is 270 g/mol. The van der Waals surface area contributed by atoms with Crippen LogP contribution in [0.2, 0.25) is 5.02 Å². The molecule has 0 amide bonds. The molecule has 0 saturated carbocycles. The molecule has 7 heteroatoms. The van der Waals surface area contributed by atoms with E-state index in [0.717, 1.165) is 5.56 Å². The fraction of sp³-hybridized carbons (Fsp3) is 0.250. The minimum Gasteiger partial charge on any atom is -0.476 e. The Balaban J connectivity index is 1.76. The fourth-order valence-corrected chi connectivity index (χ4v) is 1.69. The zero-order chi connectivity index (χ0) is 13.7. The topological polar surface area (TPSA) is 77.2 Å². The smallest absolute Gasteiger partial charge is 0.358 e. The van der Waals surface area contributed by atoms with E-state index in [4.69, 9.17) is 21.4 Å². The molecular formula is C12H12ClN3O3. The number of ether oxygens (including phenoxy) is 1. The molecule has 2 aromatic rings. The lowest BCUT2D eigenvalue weighted by Gasteiger charge is -2.04. The summed E-state index contributed by atoms with van der Waals surface area (Å²) in [5, 5.41) is 16.5. The van der Waals surface area contributed by atoms with Gasteiger partial charge in [0.25, 0.3) is 0 Å². The summed E-state index contributed by atoms with van der Waals surface area (Å²) in [6, 6.07) is 7.41. The largest absolute Gasteiger partial charge is 0.476 e. The highest BCUT2D eigenvalue weighted by atomic mass is 35.5. The Morgan fingerprint density at radius 1 is 1.47 bits per heavy atom. The first kappa shape index (κ1) is 13.5. The number of carbonyl (C=O) groups is 1. The molecule has 6 nitrogen and oxygen atoms in total. The molecule has 100 valence electrons. The van der Waals surface area contributed by atoms with Gasteiger partial charge in [-0.1, -0.05) is 28.9 Å². The first-order chi connectivity index (χ1) is 9.15.